The van der Waals surface area contributed by atoms with Gasteiger partial charge in [0.05, 0.1) is 35.3 Å². The van der Waals surface area contributed by atoms with Crippen LogP contribution in [0.4, 0.5) is 30.2 Å². The number of nitrogens with zero attached hydrogens (tertiary/aromatic N) is 2. The van der Waals surface area contributed by atoms with Crippen molar-refractivity contribution in [3.63, 3.8) is 0 Å². The fourth-order valence-electron chi connectivity index (χ4n) is 3.55. The number of carboxylic acid groups (broad SMARTS) is 1. The number of ether oxygens (including phenoxy) is 1. The molecule has 1 aliphatic rings. The first-order valence-electron chi connectivity index (χ1n) is 9.42. The van der Waals surface area contributed by atoms with Crippen LogP contribution in [0.3, 0.4) is 0 Å². The van der Waals surface area contributed by atoms with Gasteiger partial charge in [-0.3, -0.25) is 4.55 Å². The predicted octanol–water partition coefficient (Wildman–Crippen LogP) is 4.68. The van der Waals surface area contributed by atoms with Crippen LogP contribution < -0.4 is 13.9 Å². The second-order valence-electron chi connectivity index (χ2n) is 6.96. The van der Waals surface area contributed by atoms with Crippen molar-refractivity contribution in [3.8, 4) is 5.75 Å². The Labute approximate surface area is 179 Å². The molecule has 2 aromatic carbocycles. The molecular formula is C20H21F3N2O5S. The Kier molecular flexibility index (Phi) is 6.75. The molecular weight excluding hydrogens is 437 g/mol. The second kappa shape index (κ2) is 9.15. The summed E-state index contributed by atoms with van der Waals surface area (Å²) in [5.41, 5.74) is -1.53. The molecule has 7 nitrogen and oxygen atoms in total. The SMILES string of the molecule is COc1ccc(C(=O)O)c(N(c2cc(C(F)(F)F)ccc2N2CCCCC2)S(=O)O)c1. The highest BCUT2D eigenvalue weighted by atomic mass is 32.2. The predicted molar refractivity (Wildman–Crippen MR) is 110 cm³/mol. The summed E-state index contributed by atoms with van der Waals surface area (Å²) >= 11 is -2.87. The number of benzene rings is 2. The Morgan fingerprint density at radius 1 is 1.10 bits per heavy atom. The van der Waals surface area contributed by atoms with Gasteiger partial charge >= 0.3 is 12.1 Å². The van der Waals surface area contributed by atoms with Crippen molar-refractivity contribution < 1.29 is 36.6 Å². The highest BCUT2D eigenvalue weighted by Crippen LogP contribution is 2.42. The van der Waals surface area contributed by atoms with E-state index < -0.39 is 29.0 Å². The van der Waals surface area contributed by atoms with Gasteiger partial charge in [-0.25, -0.2) is 13.3 Å². The quantitative estimate of drug-likeness (QED) is 0.611. The summed E-state index contributed by atoms with van der Waals surface area (Å²) in [6.07, 6.45) is -2.08. The summed E-state index contributed by atoms with van der Waals surface area (Å²) in [5, 5.41) is 9.57. The van der Waals surface area contributed by atoms with Gasteiger partial charge < -0.3 is 14.7 Å². The number of halogens is 3. The Hall–Kier alpha value is -2.79. The number of alkyl halides is 3. The maximum absolute atomic E-state index is 13.5. The molecule has 168 valence electrons. The molecule has 2 N–H and O–H groups in total. The monoisotopic (exact) mass is 458 g/mol. The first kappa shape index (κ1) is 22.9. The van der Waals surface area contributed by atoms with Crippen LogP contribution in [0.1, 0.15) is 35.2 Å². The van der Waals surface area contributed by atoms with Crippen LogP contribution in [0.25, 0.3) is 0 Å². The molecule has 0 amide bonds. The van der Waals surface area contributed by atoms with Crippen molar-refractivity contribution >= 4 is 34.3 Å². The van der Waals surface area contributed by atoms with E-state index in [1.54, 1.807) is 0 Å². The van der Waals surface area contributed by atoms with E-state index in [-0.39, 0.29) is 22.7 Å². The number of methoxy groups -OCH3 is 1. The zero-order valence-electron chi connectivity index (χ0n) is 16.6. The largest absolute Gasteiger partial charge is 0.497 e. The average molecular weight is 458 g/mol. The van der Waals surface area contributed by atoms with Crippen LogP contribution in [0.5, 0.6) is 5.75 Å². The molecule has 31 heavy (non-hydrogen) atoms. The van der Waals surface area contributed by atoms with Crippen molar-refractivity contribution in [1.82, 2.24) is 0 Å². The highest BCUT2D eigenvalue weighted by Gasteiger charge is 2.34. The molecule has 1 heterocycles. The maximum atomic E-state index is 13.5. The number of anilines is 3. The fourth-order valence-corrected chi connectivity index (χ4v) is 4.18. The molecule has 0 aliphatic carbocycles. The molecule has 0 saturated carbocycles. The van der Waals surface area contributed by atoms with E-state index in [1.807, 2.05) is 4.90 Å². The van der Waals surface area contributed by atoms with Gasteiger partial charge in [0, 0.05) is 19.2 Å². The minimum Gasteiger partial charge on any atom is -0.497 e. The van der Waals surface area contributed by atoms with E-state index in [4.69, 9.17) is 4.74 Å². The second-order valence-corrected chi connectivity index (χ2v) is 7.79. The molecule has 0 aromatic heterocycles. The first-order chi connectivity index (χ1) is 14.6. The summed E-state index contributed by atoms with van der Waals surface area (Å²) in [7, 11) is 1.32. The van der Waals surface area contributed by atoms with E-state index in [9.17, 15) is 31.8 Å². The molecule has 1 unspecified atom stereocenters. The Balaban J connectivity index is 2.27. The van der Waals surface area contributed by atoms with E-state index >= 15 is 0 Å². The van der Waals surface area contributed by atoms with Gasteiger partial charge in [0.25, 0.3) is 11.3 Å². The van der Waals surface area contributed by atoms with E-state index in [0.717, 1.165) is 31.4 Å². The molecule has 0 spiro atoms. The number of carbonyl (C=O) groups is 1. The third kappa shape index (κ3) is 4.93. The van der Waals surface area contributed by atoms with Crippen LogP contribution in [-0.2, 0) is 17.4 Å². The first-order valence-corrected chi connectivity index (χ1v) is 10.5. The molecule has 1 aliphatic heterocycles. The highest BCUT2D eigenvalue weighted by molar-refractivity contribution is 7.81. The van der Waals surface area contributed by atoms with Gasteiger partial charge in [0.15, 0.2) is 0 Å². The van der Waals surface area contributed by atoms with E-state index in [0.29, 0.717) is 23.1 Å². The Morgan fingerprint density at radius 2 is 1.77 bits per heavy atom. The zero-order chi connectivity index (χ0) is 22.8. The van der Waals surface area contributed by atoms with Crippen molar-refractivity contribution in [3.05, 3.63) is 47.5 Å². The van der Waals surface area contributed by atoms with E-state index in [1.165, 1.54) is 31.4 Å². The van der Waals surface area contributed by atoms with E-state index in [2.05, 4.69) is 0 Å². The van der Waals surface area contributed by atoms with Gasteiger partial charge in [-0.15, -0.1) is 0 Å². The summed E-state index contributed by atoms with van der Waals surface area (Å²) in [5.74, 6) is -1.22. The van der Waals surface area contributed by atoms with Crippen molar-refractivity contribution in [2.24, 2.45) is 0 Å². The number of piperidine rings is 1. The summed E-state index contributed by atoms with van der Waals surface area (Å²) in [6.45, 7) is 1.13. The van der Waals surface area contributed by atoms with Crippen LogP contribution in [0, 0.1) is 0 Å². The molecule has 1 atom stereocenters. The Morgan fingerprint density at radius 3 is 2.32 bits per heavy atom. The third-order valence-corrected chi connectivity index (χ3v) is 5.73. The molecule has 1 saturated heterocycles. The smallest absolute Gasteiger partial charge is 0.416 e. The summed E-state index contributed by atoms with van der Waals surface area (Å²) in [6, 6.07) is 6.66. The molecule has 2 aromatic rings. The van der Waals surface area contributed by atoms with Gasteiger partial charge in [-0.2, -0.15) is 13.2 Å². The van der Waals surface area contributed by atoms with Gasteiger partial charge in [0.1, 0.15) is 5.75 Å². The minimum atomic E-state index is -4.69. The lowest BCUT2D eigenvalue weighted by Gasteiger charge is -2.33. The molecule has 3 rings (SSSR count). The van der Waals surface area contributed by atoms with Crippen molar-refractivity contribution in [2.45, 2.75) is 25.4 Å². The number of rotatable bonds is 6. The van der Waals surface area contributed by atoms with Crippen molar-refractivity contribution in [1.29, 1.82) is 0 Å². The lowest BCUT2D eigenvalue weighted by Crippen LogP contribution is -2.32. The maximum Gasteiger partial charge on any atom is 0.416 e. The minimum absolute atomic E-state index is 0.182. The average Bonchev–Trinajstić information content (AvgIpc) is 2.73. The van der Waals surface area contributed by atoms with Crippen LogP contribution in [-0.4, -0.2) is 40.0 Å². The van der Waals surface area contributed by atoms with Crippen LogP contribution >= 0.6 is 0 Å². The number of hydrogen-bond donors (Lipinski definition) is 2. The summed E-state index contributed by atoms with van der Waals surface area (Å²) in [4.78, 5) is 13.6. The number of hydrogen-bond acceptors (Lipinski definition) is 4. The third-order valence-electron chi connectivity index (χ3n) is 5.03. The number of carboxylic acids is 1. The molecule has 0 radical (unpaired) electrons. The topological polar surface area (TPSA) is 90.3 Å². The standard InChI is InChI=1S/C20H21F3N2O5S/c1-30-14-6-7-15(19(26)27)17(12-14)25(31(28)29)18-11-13(20(21,22)23)5-8-16(18)24-9-3-2-4-10-24/h5-8,11-12H,2-4,9-10H2,1H3,(H,26,27)(H,28,29). The van der Waals surface area contributed by atoms with Gasteiger partial charge in [-0.1, -0.05) is 0 Å². The van der Waals surface area contributed by atoms with Crippen LogP contribution in [0.15, 0.2) is 36.4 Å². The van der Waals surface area contributed by atoms with Crippen LogP contribution in [0.2, 0.25) is 0 Å². The normalized spacial score (nSPS) is 15.5. The molecule has 0 bridgehead atoms. The number of aromatic carboxylic acids is 1. The lowest BCUT2D eigenvalue weighted by atomic mass is 10.1. The lowest BCUT2D eigenvalue weighted by molar-refractivity contribution is -0.137. The Bertz CT molecular complexity index is 993. The molecule has 1 fully saturated rings. The molecule has 11 heteroatoms. The van der Waals surface area contributed by atoms with Gasteiger partial charge in [0.2, 0.25) is 0 Å². The van der Waals surface area contributed by atoms with Gasteiger partial charge in [-0.05, 0) is 49.6 Å². The zero-order valence-corrected chi connectivity index (χ0v) is 17.4. The summed E-state index contributed by atoms with van der Waals surface area (Å²) < 4.78 is 68.6. The van der Waals surface area contributed by atoms with Crippen molar-refractivity contribution in [2.75, 3.05) is 29.4 Å². The fraction of sp³-hybridized carbons (Fsp3) is 0.350.